The van der Waals surface area contributed by atoms with Crippen molar-refractivity contribution in [1.82, 2.24) is 4.57 Å². The summed E-state index contributed by atoms with van der Waals surface area (Å²) in [6.07, 6.45) is 4.87. The summed E-state index contributed by atoms with van der Waals surface area (Å²) in [7, 11) is 0. The lowest BCUT2D eigenvalue weighted by atomic mass is 10.1. The zero-order valence-corrected chi connectivity index (χ0v) is 9.22. The molecule has 0 radical (unpaired) electrons. The second kappa shape index (κ2) is 4.12. The first kappa shape index (κ1) is 10.9. The lowest BCUT2D eigenvalue weighted by Gasteiger charge is -2.14. The number of nitrogens with zero attached hydrogens (tertiary/aromatic N) is 1. The van der Waals surface area contributed by atoms with Gasteiger partial charge in [0.05, 0.1) is 5.56 Å². The van der Waals surface area contributed by atoms with E-state index in [0.29, 0.717) is 0 Å². The molecule has 4 heteroatoms. The molecule has 2 rings (SSSR count). The third kappa shape index (κ3) is 2.32. The number of carboxylic acids is 1. The van der Waals surface area contributed by atoms with Gasteiger partial charge in [0.2, 0.25) is 0 Å². The van der Waals surface area contributed by atoms with Crippen LogP contribution in [-0.2, 0) is 0 Å². The molecule has 0 saturated heterocycles. The maximum Gasteiger partial charge on any atom is 0.337 e. The molecule has 0 amide bonds. The zero-order chi connectivity index (χ0) is 11.7. The molecule has 0 spiro atoms. The van der Waals surface area contributed by atoms with Gasteiger partial charge in [-0.05, 0) is 25.3 Å². The molecule has 1 N–H and O–H groups in total. The summed E-state index contributed by atoms with van der Waals surface area (Å²) in [5.74, 6) is -0.275. The Morgan fingerprint density at radius 2 is 2.25 bits per heavy atom. The highest BCUT2D eigenvalue weighted by molar-refractivity contribution is 5.87. The largest absolute Gasteiger partial charge is 0.478 e. The van der Waals surface area contributed by atoms with Crippen LogP contribution in [0.1, 0.15) is 42.6 Å². The average Bonchev–Trinajstić information content (AvgIpc) is 3.01. The smallest absolute Gasteiger partial charge is 0.337 e. The van der Waals surface area contributed by atoms with E-state index in [1.165, 1.54) is 35.7 Å². The summed E-state index contributed by atoms with van der Waals surface area (Å²) in [5, 5.41) is 8.86. The van der Waals surface area contributed by atoms with E-state index < -0.39 is 5.97 Å². The zero-order valence-electron chi connectivity index (χ0n) is 9.22. The van der Waals surface area contributed by atoms with Crippen LogP contribution in [-0.4, -0.2) is 15.6 Å². The van der Waals surface area contributed by atoms with Crippen molar-refractivity contribution in [3.8, 4) is 0 Å². The van der Waals surface area contributed by atoms with Crippen molar-refractivity contribution in [1.29, 1.82) is 0 Å². The monoisotopic (exact) mass is 221 g/mol. The first-order valence-electron chi connectivity index (χ1n) is 5.53. The number of hydrogen-bond acceptors (Lipinski definition) is 2. The standard InChI is InChI=1S/C12H15NO3/c1-8(6-9-2-3-9)13-7-10(12(15)16)4-5-11(13)14/h4-5,7-9H,2-3,6H2,1H3,(H,15,16). The molecule has 1 saturated carbocycles. The molecule has 16 heavy (non-hydrogen) atoms. The molecule has 1 heterocycles. The van der Waals surface area contributed by atoms with E-state index in [9.17, 15) is 9.59 Å². The van der Waals surface area contributed by atoms with Gasteiger partial charge in [0.25, 0.3) is 5.56 Å². The van der Waals surface area contributed by atoms with E-state index in [0.717, 1.165) is 12.3 Å². The summed E-state index contributed by atoms with van der Waals surface area (Å²) in [5.41, 5.74) is 0.0420. The molecule has 1 atom stereocenters. The number of carbonyl (C=O) groups is 1. The van der Waals surface area contributed by atoms with Crippen molar-refractivity contribution in [3.05, 3.63) is 34.2 Å². The number of rotatable bonds is 4. The van der Waals surface area contributed by atoms with E-state index in [1.807, 2.05) is 6.92 Å². The van der Waals surface area contributed by atoms with E-state index in [-0.39, 0.29) is 17.2 Å². The van der Waals surface area contributed by atoms with Crippen LogP contribution in [0.15, 0.2) is 23.1 Å². The molecule has 0 bridgehead atoms. The number of carboxylic acid groups (broad SMARTS) is 1. The van der Waals surface area contributed by atoms with Crippen molar-refractivity contribution in [2.24, 2.45) is 5.92 Å². The molecular weight excluding hydrogens is 206 g/mol. The Labute approximate surface area is 93.5 Å². The van der Waals surface area contributed by atoms with Crippen LogP contribution >= 0.6 is 0 Å². The SMILES string of the molecule is CC(CC1CC1)n1cc(C(=O)O)ccc1=O. The van der Waals surface area contributed by atoms with Gasteiger partial charge in [0, 0.05) is 18.3 Å². The maximum atomic E-state index is 11.6. The molecule has 1 unspecified atom stereocenters. The maximum absolute atomic E-state index is 11.6. The Balaban J connectivity index is 2.26. The Bertz CT molecular complexity index is 460. The predicted octanol–water partition coefficient (Wildman–Crippen LogP) is 1.91. The van der Waals surface area contributed by atoms with Crippen LogP contribution in [0, 0.1) is 5.92 Å². The van der Waals surface area contributed by atoms with Gasteiger partial charge in [-0.2, -0.15) is 0 Å². The minimum Gasteiger partial charge on any atom is -0.478 e. The van der Waals surface area contributed by atoms with Crippen LogP contribution in [0.25, 0.3) is 0 Å². The highest BCUT2D eigenvalue weighted by atomic mass is 16.4. The van der Waals surface area contributed by atoms with Gasteiger partial charge in [0.15, 0.2) is 0 Å². The molecular formula is C12H15NO3. The van der Waals surface area contributed by atoms with Crippen molar-refractivity contribution < 1.29 is 9.90 Å². The highest BCUT2D eigenvalue weighted by Crippen LogP contribution is 2.36. The molecule has 0 aromatic carbocycles. The van der Waals surface area contributed by atoms with E-state index in [2.05, 4.69) is 0 Å². The Kier molecular flexibility index (Phi) is 2.81. The van der Waals surface area contributed by atoms with Gasteiger partial charge in [-0.1, -0.05) is 12.8 Å². The first-order chi connectivity index (χ1) is 7.58. The van der Waals surface area contributed by atoms with Gasteiger partial charge in [-0.25, -0.2) is 4.79 Å². The van der Waals surface area contributed by atoms with Crippen LogP contribution in [0.4, 0.5) is 0 Å². The van der Waals surface area contributed by atoms with Gasteiger partial charge in [0.1, 0.15) is 0 Å². The fourth-order valence-electron chi connectivity index (χ4n) is 1.92. The second-order valence-corrected chi connectivity index (χ2v) is 4.50. The van der Waals surface area contributed by atoms with Gasteiger partial charge in [-0.15, -0.1) is 0 Å². The lowest BCUT2D eigenvalue weighted by Crippen LogP contribution is -2.23. The van der Waals surface area contributed by atoms with Crippen molar-refractivity contribution in [2.45, 2.75) is 32.2 Å². The molecule has 1 aromatic heterocycles. The normalized spacial score (nSPS) is 17.1. The molecule has 1 fully saturated rings. The third-order valence-electron chi connectivity index (χ3n) is 3.03. The Morgan fingerprint density at radius 3 is 2.81 bits per heavy atom. The van der Waals surface area contributed by atoms with Crippen LogP contribution in [0.2, 0.25) is 0 Å². The molecule has 4 nitrogen and oxygen atoms in total. The lowest BCUT2D eigenvalue weighted by molar-refractivity contribution is 0.0695. The summed E-state index contributed by atoms with van der Waals surface area (Å²) in [6, 6.07) is 2.76. The fraction of sp³-hybridized carbons (Fsp3) is 0.500. The molecule has 86 valence electrons. The number of hydrogen-bond donors (Lipinski definition) is 1. The summed E-state index contributed by atoms with van der Waals surface area (Å²) >= 11 is 0. The van der Waals surface area contributed by atoms with Crippen LogP contribution in [0.3, 0.4) is 0 Å². The summed E-state index contributed by atoms with van der Waals surface area (Å²) in [6.45, 7) is 1.96. The average molecular weight is 221 g/mol. The Morgan fingerprint density at radius 1 is 1.56 bits per heavy atom. The second-order valence-electron chi connectivity index (χ2n) is 4.50. The minimum atomic E-state index is -0.993. The van der Waals surface area contributed by atoms with E-state index >= 15 is 0 Å². The Hall–Kier alpha value is -1.58. The predicted molar refractivity (Wildman–Crippen MR) is 59.7 cm³/mol. The van der Waals surface area contributed by atoms with Crippen molar-refractivity contribution in [3.63, 3.8) is 0 Å². The number of aromatic carboxylic acids is 1. The first-order valence-corrected chi connectivity index (χ1v) is 5.53. The van der Waals surface area contributed by atoms with Crippen LogP contribution < -0.4 is 5.56 Å². The summed E-state index contributed by atoms with van der Waals surface area (Å²) in [4.78, 5) is 22.4. The van der Waals surface area contributed by atoms with Gasteiger partial charge < -0.3 is 9.67 Å². The fourth-order valence-corrected chi connectivity index (χ4v) is 1.92. The van der Waals surface area contributed by atoms with Crippen molar-refractivity contribution >= 4 is 5.97 Å². The number of pyridine rings is 1. The van der Waals surface area contributed by atoms with Crippen molar-refractivity contribution in [2.75, 3.05) is 0 Å². The third-order valence-corrected chi connectivity index (χ3v) is 3.03. The topological polar surface area (TPSA) is 59.3 Å². The molecule has 0 aliphatic heterocycles. The van der Waals surface area contributed by atoms with E-state index in [1.54, 1.807) is 0 Å². The molecule has 1 aliphatic carbocycles. The van der Waals surface area contributed by atoms with Gasteiger partial charge in [-0.3, -0.25) is 4.79 Å². The quantitative estimate of drug-likeness (QED) is 0.844. The molecule has 1 aromatic rings. The van der Waals surface area contributed by atoms with Gasteiger partial charge >= 0.3 is 5.97 Å². The summed E-state index contributed by atoms with van der Waals surface area (Å²) < 4.78 is 1.53. The highest BCUT2D eigenvalue weighted by Gasteiger charge is 2.24. The minimum absolute atomic E-state index is 0.0827. The van der Waals surface area contributed by atoms with E-state index in [4.69, 9.17) is 5.11 Å². The molecule has 1 aliphatic rings. The van der Waals surface area contributed by atoms with Crippen LogP contribution in [0.5, 0.6) is 0 Å². The number of aromatic nitrogens is 1.